The Morgan fingerprint density at radius 1 is 1.17 bits per heavy atom. The number of amides is 1. The fourth-order valence-corrected chi connectivity index (χ4v) is 4.13. The highest BCUT2D eigenvalue weighted by Gasteiger charge is 2.23. The van der Waals surface area contributed by atoms with Gasteiger partial charge in [-0.05, 0) is 69.6 Å². The van der Waals surface area contributed by atoms with Crippen LogP contribution in [0.1, 0.15) is 34.3 Å². The van der Waals surface area contributed by atoms with Gasteiger partial charge in [-0.1, -0.05) is 17.7 Å². The second-order valence-electron chi connectivity index (χ2n) is 8.31. The number of nitrogens with zero attached hydrogens (tertiary/aromatic N) is 2. The Morgan fingerprint density at radius 2 is 1.83 bits per heavy atom. The number of aliphatic hydroxyl groups is 2. The number of hydrogen-bond donors (Lipinski definition) is 3. The molecule has 1 atom stereocenters. The van der Waals surface area contributed by atoms with E-state index in [2.05, 4.69) is 27.2 Å². The second kappa shape index (κ2) is 10.1. The van der Waals surface area contributed by atoms with Crippen LogP contribution in [0.4, 0.5) is 11.4 Å². The van der Waals surface area contributed by atoms with Crippen LogP contribution in [0.3, 0.4) is 0 Å². The molecule has 162 valence electrons. The molecule has 1 saturated heterocycles. The molecule has 3 rings (SSSR count). The SMILES string of the molecule is Cc1ccc(C(=O)Nc2ccc(N3CCC(N(C)C[C@H](O)CO)CC3)cc2)c(C)c1. The minimum Gasteiger partial charge on any atom is -0.394 e. The lowest BCUT2D eigenvalue weighted by atomic mass is 10.0. The lowest BCUT2D eigenvalue weighted by Crippen LogP contribution is -2.46. The van der Waals surface area contributed by atoms with Gasteiger partial charge in [-0.25, -0.2) is 0 Å². The van der Waals surface area contributed by atoms with E-state index in [1.807, 2.05) is 51.2 Å². The molecule has 1 aliphatic rings. The molecule has 6 nitrogen and oxygen atoms in total. The number of nitrogens with one attached hydrogen (secondary N) is 1. The third-order valence-corrected chi connectivity index (χ3v) is 5.91. The van der Waals surface area contributed by atoms with Crippen molar-refractivity contribution in [3.8, 4) is 0 Å². The van der Waals surface area contributed by atoms with Crippen LogP contribution in [0.25, 0.3) is 0 Å². The van der Waals surface area contributed by atoms with Crippen molar-refractivity contribution in [2.45, 2.75) is 38.8 Å². The van der Waals surface area contributed by atoms with Crippen LogP contribution in [0.2, 0.25) is 0 Å². The molecule has 6 heteroatoms. The van der Waals surface area contributed by atoms with Gasteiger partial charge in [0, 0.05) is 42.6 Å². The number of aryl methyl sites for hydroxylation is 2. The quantitative estimate of drug-likeness (QED) is 0.653. The number of anilines is 2. The Morgan fingerprint density at radius 3 is 2.43 bits per heavy atom. The van der Waals surface area contributed by atoms with Crippen molar-refractivity contribution in [3.63, 3.8) is 0 Å². The predicted molar refractivity (Wildman–Crippen MR) is 121 cm³/mol. The molecule has 2 aromatic rings. The fourth-order valence-electron chi connectivity index (χ4n) is 4.13. The van der Waals surface area contributed by atoms with E-state index in [4.69, 9.17) is 5.11 Å². The summed E-state index contributed by atoms with van der Waals surface area (Å²) in [5.74, 6) is -0.0887. The van der Waals surface area contributed by atoms with Crippen LogP contribution >= 0.6 is 0 Å². The van der Waals surface area contributed by atoms with Gasteiger partial charge in [0.25, 0.3) is 5.91 Å². The Labute approximate surface area is 179 Å². The molecule has 0 spiro atoms. The smallest absolute Gasteiger partial charge is 0.255 e. The largest absolute Gasteiger partial charge is 0.394 e. The third-order valence-electron chi connectivity index (χ3n) is 5.91. The molecule has 2 aromatic carbocycles. The average Bonchev–Trinajstić information content (AvgIpc) is 2.74. The lowest BCUT2D eigenvalue weighted by Gasteiger charge is -2.38. The summed E-state index contributed by atoms with van der Waals surface area (Å²) in [6.07, 6.45) is 1.35. The number of aliphatic hydroxyl groups excluding tert-OH is 2. The number of hydrogen-bond acceptors (Lipinski definition) is 5. The van der Waals surface area contributed by atoms with E-state index in [0.29, 0.717) is 18.2 Å². The zero-order chi connectivity index (χ0) is 21.7. The number of rotatable bonds is 7. The number of carbonyl (C=O) groups excluding carboxylic acids is 1. The monoisotopic (exact) mass is 411 g/mol. The summed E-state index contributed by atoms with van der Waals surface area (Å²) in [5.41, 5.74) is 4.76. The fraction of sp³-hybridized carbons (Fsp3) is 0.458. The summed E-state index contributed by atoms with van der Waals surface area (Å²) in [5, 5.41) is 21.7. The molecule has 1 fully saturated rings. The summed E-state index contributed by atoms with van der Waals surface area (Å²) in [6, 6.07) is 14.3. The van der Waals surface area contributed by atoms with Gasteiger partial charge in [-0.15, -0.1) is 0 Å². The molecule has 0 aliphatic carbocycles. The molecule has 3 N–H and O–H groups in total. The minimum absolute atomic E-state index is 0.0887. The highest BCUT2D eigenvalue weighted by atomic mass is 16.3. The molecule has 0 unspecified atom stereocenters. The summed E-state index contributed by atoms with van der Waals surface area (Å²) in [6.45, 7) is 6.16. The Kier molecular flexibility index (Phi) is 7.48. The first kappa shape index (κ1) is 22.3. The van der Waals surface area contributed by atoms with Crippen LogP contribution in [0, 0.1) is 13.8 Å². The number of benzene rings is 2. The molecule has 0 aromatic heterocycles. The normalized spacial score (nSPS) is 16.0. The van der Waals surface area contributed by atoms with E-state index in [0.717, 1.165) is 48.4 Å². The molecule has 0 saturated carbocycles. The summed E-state index contributed by atoms with van der Waals surface area (Å²) in [4.78, 5) is 17.1. The van der Waals surface area contributed by atoms with Crippen molar-refractivity contribution in [1.82, 2.24) is 4.90 Å². The summed E-state index contributed by atoms with van der Waals surface area (Å²) < 4.78 is 0. The standard InChI is InChI=1S/C24H33N3O3/c1-17-4-9-23(18(2)14-17)24(30)25-19-5-7-21(8-6-19)27-12-10-20(11-13-27)26(3)15-22(29)16-28/h4-9,14,20,22,28-29H,10-13,15-16H2,1-3H3,(H,25,30)/t22-/m0/s1. The first-order chi connectivity index (χ1) is 14.4. The van der Waals surface area contributed by atoms with E-state index in [1.54, 1.807) is 0 Å². The van der Waals surface area contributed by atoms with E-state index >= 15 is 0 Å². The van der Waals surface area contributed by atoms with Crippen molar-refractivity contribution in [1.29, 1.82) is 0 Å². The average molecular weight is 412 g/mol. The van der Waals surface area contributed by atoms with Gasteiger partial charge in [-0.3, -0.25) is 4.79 Å². The van der Waals surface area contributed by atoms with Gasteiger partial charge in [0.1, 0.15) is 0 Å². The second-order valence-corrected chi connectivity index (χ2v) is 8.31. The van der Waals surface area contributed by atoms with Crippen LogP contribution in [-0.2, 0) is 0 Å². The summed E-state index contributed by atoms with van der Waals surface area (Å²) >= 11 is 0. The molecule has 30 heavy (non-hydrogen) atoms. The van der Waals surface area contributed by atoms with E-state index in [1.165, 1.54) is 0 Å². The van der Waals surface area contributed by atoms with Gasteiger partial charge in [0.05, 0.1) is 12.7 Å². The van der Waals surface area contributed by atoms with Gasteiger partial charge >= 0.3 is 0 Å². The molecular formula is C24H33N3O3. The molecular weight excluding hydrogens is 378 g/mol. The topological polar surface area (TPSA) is 76.0 Å². The Hall–Kier alpha value is -2.41. The molecule has 1 aliphatic heterocycles. The molecule has 1 heterocycles. The van der Waals surface area contributed by atoms with Crippen LogP contribution < -0.4 is 10.2 Å². The maximum atomic E-state index is 12.6. The molecule has 0 bridgehead atoms. The zero-order valence-corrected chi connectivity index (χ0v) is 18.1. The van der Waals surface area contributed by atoms with E-state index in [9.17, 15) is 9.90 Å². The zero-order valence-electron chi connectivity index (χ0n) is 18.1. The third kappa shape index (κ3) is 5.59. The number of piperidine rings is 1. The van der Waals surface area contributed by atoms with Crippen LogP contribution in [0.15, 0.2) is 42.5 Å². The van der Waals surface area contributed by atoms with Gasteiger partial charge in [0.15, 0.2) is 0 Å². The van der Waals surface area contributed by atoms with Gasteiger partial charge in [-0.2, -0.15) is 0 Å². The molecule has 1 amide bonds. The predicted octanol–water partition coefficient (Wildman–Crippen LogP) is 2.81. The van der Waals surface area contributed by atoms with Gasteiger partial charge < -0.3 is 25.3 Å². The lowest BCUT2D eigenvalue weighted by molar-refractivity contribution is 0.0506. The maximum absolute atomic E-state index is 12.6. The van der Waals surface area contributed by atoms with Crippen LogP contribution in [0.5, 0.6) is 0 Å². The van der Waals surface area contributed by atoms with E-state index in [-0.39, 0.29) is 12.5 Å². The Bertz CT molecular complexity index is 845. The van der Waals surface area contributed by atoms with Crippen molar-refractivity contribution in [3.05, 3.63) is 59.2 Å². The first-order valence-electron chi connectivity index (χ1n) is 10.6. The first-order valence-corrected chi connectivity index (χ1v) is 10.6. The molecule has 0 radical (unpaired) electrons. The minimum atomic E-state index is -0.681. The maximum Gasteiger partial charge on any atom is 0.255 e. The Balaban J connectivity index is 1.54. The van der Waals surface area contributed by atoms with Crippen molar-refractivity contribution in [2.75, 3.05) is 43.5 Å². The number of likely N-dealkylation sites (N-methyl/N-ethyl adjacent to an activating group) is 1. The van der Waals surface area contributed by atoms with E-state index < -0.39 is 6.10 Å². The van der Waals surface area contributed by atoms with Crippen molar-refractivity contribution >= 4 is 17.3 Å². The highest BCUT2D eigenvalue weighted by Crippen LogP contribution is 2.24. The van der Waals surface area contributed by atoms with Gasteiger partial charge in [0.2, 0.25) is 0 Å². The van der Waals surface area contributed by atoms with Crippen molar-refractivity contribution < 1.29 is 15.0 Å². The van der Waals surface area contributed by atoms with Crippen LogP contribution in [-0.4, -0.2) is 66.5 Å². The van der Waals surface area contributed by atoms with Crippen molar-refractivity contribution in [2.24, 2.45) is 0 Å². The number of carbonyl (C=O) groups is 1. The summed E-state index contributed by atoms with van der Waals surface area (Å²) in [7, 11) is 2.01. The highest BCUT2D eigenvalue weighted by molar-refractivity contribution is 6.05.